The molecular weight excluding hydrogens is 464 g/mol. The fraction of sp³-hybridized carbons (Fsp3) is 0.261. The minimum absolute atomic E-state index is 0.0196. The third kappa shape index (κ3) is 4.35. The number of carbonyl (C=O) groups excluding carboxylic acids is 1. The van der Waals surface area contributed by atoms with Crippen LogP contribution < -0.4 is 4.90 Å². The smallest absolute Gasteiger partial charge is 0.273 e. The third-order valence-corrected chi connectivity index (χ3v) is 7.64. The quantitative estimate of drug-likeness (QED) is 0.348. The maximum absolute atomic E-state index is 12.9. The summed E-state index contributed by atoms with van der Waals surface area (Å²) in [5.74, 6) is 0.596. The first kappa shape index (κ1) is 21.3. The second-order valence-corrected chi connectivity index (χ2v) is 9.82. The lowest BCUT2D eigenvalue weighted by molar-refractivity contribution is 0.0741. The van der Waals surface area contributed by atoms with Crippen LogP contribution in [-0.4, -0.2) is 47.0 Å². The van der Waals surface area contributed by atoms with Gasteiger partial charge in [-0.1, -0.05) is 47.6 Å². The highest BCUT2D eigenvalue weighted by molar-refractivity contribution is 7.98. The molecule has 0 aliphatic carbocycles. The Kier molecular flexibility index (Phi) is 6.08. The van der Waals surface area contributed by atoms with Crippen LogP contribution in [-0.2, 0) is 5.75 Å². The van der Waals surface area contributed by atoms with Gasteiger partial charge in [-0.25, -0.2) is 9.97 Å². The minimum atomic E-state index is -0.0196. The third-order valence-electron chi connectivity index (χ3n) is 5.45. The fourth-order valence-corrected chi connectivity index (χ4v) is 5.62. The molecule has 5 rings (SSSR count). The van der Waals surface area contributed by atoms with Crippen LogP contribution in [0.25, 0.3) is 11.1 Å². The van der Waals surface area contributed by atoms with Gasteiger partial charge in [0.2, 0.25) is 0 Å². The number of nitrogens with zero attached hydrogens (tertiary/aromatic N) is 4. The molecule has 0 atom stereocenters. The summed E-state index contributed by atoms with van der Waals surface area (Å²) in [5.41, 5.74) is 4.29. The highest BCUT2D eigenvalue weighted by Crippen LogP contribution is 2.29. The maximum atomic E-state index is 12.9. The number of piperazine rings is 1. The topological polar surface area (TPSA) is 62.5 Å². The number of aromatic nitrogens is 2. The lowest BCUT2D eigenvalue weighted by Crippen LogP contribution is -2.49. The van der Waals surface area contributed by atoms with Crippen molar-refractivity contribution in [3.63, 3.8) is 0 Å². The van der Waals surface area contributed by atoms with Crippen molar-refractivity contribution in [1.82, 2.24) is 14.9 Å². The molecule has 0 spiro atoms. The Hall–Kier alpha value is -2.55. The van der Waals surface area contributed by atoms with Crippen molar-refractivity contribution < 1.29 is 9.21 Å². The molecule has 1 aliphatic heterocycles. The van der Waals surface area contributed by atoms with Crippen molar-refractivity contribution >= 4 is 57.4 Å². The number of thioether (sulfide) groups is 1. The number of anilines is 1. The molecule has 1 amide bonds. The largest absolute Gasteiger partial charge is 0.431 e. The Bertz CT molecular complexity index is 1260. The zero-order valence-corrected chi connectivity index (χ0v) is 19.8. The second-order valence-electron chi connectivity index (χ2n) is 7.55. The number of carbonyl (C=O) groups is 1. The predicted molar refractivity (Wildman–Crippen MR) is 130 cm³/mol. The molecule has 1 aliphatic rings. The number of rotatable bonds is 5. The number of amides is 1. The molecule has 0 saturated carbocycles. The summed E-state index contributed by atoms with van der Waals surface area (Å²) in [6.07, 6.45) is 0. The molecule has 6 nitrogen and oxygen atoms in total. The van der Waals surface area contributed by atoms with Crippen LogP contribution in [0.4, 0.5) is 5.69 Å². The highest BCUT2D eigenvalue weighted by atomic mass is 35.5. The molecule has 2 aromatic heterocycles. The van der Waals surface area contributed by atoms with Crippen molar-refractivity contribution in [2.45, 2.75) is 17.9 Å². The summed E-state index contributed by atoms with van der Waals surface area (Å²) in [6.45, 7) is 4.81. The second kappa shape index (κ2) is 9.13. The molecule has 1 saturated heterocycles. The molecular formula is C23H21ClN4O2S2. The number of aryl methyl sites for hydroxylation is 1. The van der Waals surface area contributed by atoms with Crippen LogP contribution in [0, 0.1) is 6.92 Å². The normalized spacial score (nSPS) is 14.3. The van der Waals surface area contributed by atoms with Gasteiger partial charge in [0.25, 0.3) is 11.1 Å². The summed E-state index contributed by atoms with van der Waals surface area (Å²) in [5, 5.41) is 4.08. The van der Waals surface area contributed by atoms with Crippen LogP contribution in [0.15, 0.2) is 57.5 Å². The zero-order chi connectivity index (χ0) is 22.1. The molecule has 32 heavy (non-hydrogen) atoms. The molecule has 9 heteroatoms. The van der Waals surface area contributed by atoms with E-state index in [0.717, 1.165) is 45.5 Å². The van der Waals surface area contributed by atoms with Gasteiger partial charge in [0.05, 0.1) is 16.5 Å². The van der Waals surface area contributed by atoms with Crippen molar-refractivity contribution in [2.24, 2.45) is 0 Å². The summed E-state index contributed by atoms with van der Waals surface area (Å²) in [7, 11) is 0. The van der Waals surface area contributed by atoms with E-state index in [1.807, 2.05) is 59.7 Å². The van der Waals surface area contributed by atoms with Crippen LogP contribution in [0.2, 0.25) is 5.02 Å². The van der Waals surface area contributed by atoms with Gasteiger partial charge in [-0.2, -0.15) is 0 Å². The first-order chi connectivity index (χ1) is 15.6. The molecule has 4 aromatic rings. The molecule has 3 heterocycles. The van der Waals surface area contributed by atoms with Gasteiger partial charge in [-0.3, -0.25) is 4.79 Å². The van der Waals surface area contributed by atoms with Gasteiger partial charge in [-0.15, -0.1) is 11.3 Å². The maximum Gasteiger partial charge on any atom is 0.273 e. The van der Waals surface area contributed by atoms with Crippen LogP contribution in [0.3, 0.4) is 0 Å². The Morgan fingerprint density at radius 2 is 1.94 bits per heavy atom. The van der Waals surface area contributed by atoms with Crippen molar-refractivity contribution in [3.8, 4) is 0 Å². The van der Waals surface area contributed by atoms with E-state index >= 15 is 0 Å². The first-order valence-electron chi connectivity index (χ1n) is 10.3. The number of halogens is 1. The van der Waals surface area contributed by atoms with Crippen molar-refractivity contribution in [3.05, 3.63) is 69.1 Å². The van der Waals surface area contributed by atoms with Crippen LogP contribution >= 0.6 is 34.7 Å². The van der Waals surface area contributed by atoms with Gasteiger partial charge in [0.15, 0.2) is 5.58 Å². The molecule has 0 bridgehead atoms. The monoisotopic (exact) mass is 484 g/mol. The summed E-state index contributed by atoms with van der Waals surface area (Å²) in [6, 6.07) is 13.7. The van der Waals surface area contributed by atoms with Crippen molar-refractivity contribution in [1.29, 1.82) is 0 Å². The molecule has 1 fully saturated rings. The number of hydrogen-bond donors (Lipinski definition) is 0. The van der Waals surface area contributed by atoms with Gasteiger partial charge in [0, 0.05) is 31.6 Å². The average Bonchev–Trinajstić information content (AvgIpc) is 3.45. The van der Waals surface area contributed by atoms with Gasteiger partial charge >= 0.3 is 0 Å². The van der Waals surface area contributed by atoms with Gasteiger partial charge in [-0.05, 0) is 30.7 Å². The first-order valence-corrected chi connectivity index (χ1v) is 12.5. The number of hydrogen-bond acceptors (Lipinski definition) is 7. The standard InChI is InChI=1S/C23H21ClN4O2S2/c1-15-5-4-8-19-21(15)26-23(30-19)32-14-20-25-17(13-31-20)22(29)28-11-9-27(10-12-28)18-7-3-2-6-16(18)24/h2-8,13H,9-12,14H2,1H3. The summed E-state index contributed by atoms with van der Waals surface area (Å²) >= 11 is 9.30. The van der Waals surface area contributed by atoms with Gasteiger partial charge < -0.3 is 14.2 Å². The van der Waals surface area contributed by atoms with E-state index in [0.29, 0.717) is 29.8 Å². The number of oxazole rings is 1. The van der Waals surface area contributed by atoms with Crippen LogP contribution in [0.1, 0.15) is 21.1 Å². The van der Waals surface area contributed by atoms with Crippen molar-refractivity contribution in [2.75, 3.05) is 31.1 Å². The molecule has 164 valence electrons. The Balaban J connectivity index is 1.18. The van der Waals surface area contributed by atoms with E-state index in [1.165, 1.54) is 23.1 Å². The van der Waals surface area contributed by atoms with Gasteiger partial charge in [0.1, 0.15) is 16.2 Å². The molecule has 0 unspecified atom stereocenters. The number of thiazole rings is 1. The van der Waals surface area contributed by atoms with Crippen LogP contribution in [0.5, 0.6) is 0 Å². The Morgan fingerprint density at radius 3 is 2.72 bits per heavy atom. The summed E-state index contributed by atoms with van der Waals surface area (Å²) < 4.78 is 5.81. The van der Waals surface area contributed by atoms with E-state index in [1.54, 1.807) is 0 Å². The molecule has 0 N–H and O–H groups in total. The Labute approximate surface area is 199 Å². The number of benzene rings is 2. The van der Waals surface area contributed by atoms with E-state index in [2.05, 4.69) is 14.9 Å². The van der Waals surface area contributed by atoms with E-state index in [-0.39, 0.29) is 5.91 Å². The Morgan fingerprint density at radius 1 is 1.12 bits per heavy atom. The highest BCUT2D eigenvalue weighted by Gasteiger charge is 2.25. The minimum Gasteiger partial charge on any atom is -0.431 e. The number of fused-ring (bicyclic) bond motifs is 1. The number of para-hydroxylation sites is 2. The predicted octanol–water partition coefficient (Wildman–Crippen LogP) is 5.50. The fourth-order valence-electron chi connectivity index (χ4n) is 3.75. The van der Waals surface area contributed by atoms with E-state index < -0.39 is 0 Å². The SMILES string of the molecule is Cc1cccc2oc(SCc3nc(C(=O)N4CCN(c5ccccc5Cl)CC4)cs3)nc12. The van der Waals surface area contributed by atoms with E-state index in [4.69, 9.17) is 16.0 Å². The molecule has 2 aromatic carbocycles. The van der Waals surface area contributed by atoms with E-state index in [9.17, 15) is 4.79 Å². The summed E-state index contributed by atoms with van der Waals surface area (Å²) in [4.78, 5) is 26.2. The molecule has 0 radical (unpaired) electrons. The lowest BCUT2D eigenvalue weighted by Gasteiger charge is -2.36. The average molecular weight is 485 g/mol. The zero-order valence-electron chi connectivity index (χ0n) is 17.5. The lowest BCUT2D eigenvalue weighted by atomic mass is 10.2.